The molecule has 7 amide bonds. The molecule has 2 aliphatic heterocycles. The number of imide groups is 2. The number of urea groups is 1. The fourth-order valence-corrected chi connectivity index (χ4v) is 6.55. The first kappa shape index (κ1) is 39.1. The first-order chi connectivity index (χ1) is 27.2. The summed E-state index contributed by atoms with van der Waals surface area (Å²) >= 11 is 5.87. The van der Waals surface area contributed by atoms with Crippen LogP contribution in [0.5, 0.6) is 0 Å². The molecule has 4 aromatic rings. The zero-order chi connectivity index (χ0) is 39.4. The van der Waals surface area contributed by atoms with Crippen molar-refractivity contribution in [3.63, 3.8) is 0 Å². The minimum Gasteiger partial charge on any atom is -0.384 e. The molecule has 2 aromatic heterocycles. The number of carbonyl (C=O) groups excluding carboxylic acids is 6. The molecule has 1 atom stereocenters. The Kier molecular flexibility index (Phi) is 13.0. The van der Waals surface area contributed by atoms with E-state index in [4.69, 9.17) is 11.6 Å². The highest BCUT2D eigenvalue weighted by Gasteiger charge is 2.45. The van der Waals surface area contributed by atoms with Gasteiger partial charge in [0, 0.05) is 60.1 Å². The molecule has 286 valence electrons. The van der Waals surface area contributed by atoms with Gasteiger partial charge in [0.15, 0.2) is 0 Å². The van der Waals surface area contributed by atoms with Crippen LogP contribution in [0.15, 0.2) is 79.1 Å². The van der Waals surface area contributed by atoms with Crippen LogP contribution in [-0.4, -0.2) is 69.6 Å². The van der Waals surface area contributed by atoms with E-state index in [-0.39, 0.29) is 35.0 Å². The normalized spacial score (nSPS) is 14.7. The Hall–Kier alpha value is -6.59. The Morgan fingerprint density at radius 1 is 0.804 bits per heavy atom. The molecule has 0 spiro atoms. The molecule has 0 bridgehead atoms. The van der Waals surface area contributed by atoms with Crippen molar-refractivity contribution in [3.05, 3.63) is 112 Å². The summed E-state index contributed by atoms with van der Waals surface area (Å²) in [6.45, 7) is 1.15. The SMILES string of the molecule is O=C1CCC(N2C(=O)c3cccc(NCCCCCCCCNC(=O)c4cccc(C#Cc5cc(NC(=O)Nc6ccnc(Cl)c6)ccn5)c4)c3C2=O)C(=O)N1. The molecule has 0 radical (unpaired) electrons. The summed E-state index contributed by atoms with van der Waals surface area (Å²) in [5, 5.41) is 14.1. The first-order valence-corrected chi connectivity index (χ1v) is 18.7. The molecular formula is C41H39ClN8O6. The van der Waals surface area contributed by atoms with E-state index in [1.165, 1.54) is 18.5 Å². The van der Waals surface area contributed by atoms with Crippen LogP contribution >= 0.6 is 11.6 Å². The van der Waals surface area contributed by atoms with Crippen LogP contribution in [0.25, 0.3) is 0 Å². The van der Waals surface area contributed by atoms with Crippen LogP contribution in [0.4, 0.5) is 21.9 Å². The highest BCUT2D eigenvalue weighted by Crippen LogP contribution is 2.32. The molecule has 2 aliphatic rings. The number of nitrogens with one attached hydrogen (secondary N) is 5. The maximum atomic E-state index is 13.3. The summed E-state index contributed by atoms with van der Waals surface area (Å²) in [5.74, 6) is 3.72. The number of hydrogen-bond acceptors (Lipinski definition) is 9. The second-order valence-corrected chi connectivity index (χ2v) is 13.6. The van der Waals surface area contributed by atoms with Gasteiger partial charge in [-0.3, -0.25) is 34.2 Å². The molecule has 6 rings (SSSR count). The molecule has 14 nitrogen and oxygen atoms in total. The third-order valence-corrected chi connectivity index (χ3v) is 9.34. The molecular weight excluding hydrogens is 736 g/mol. The third-order valence-electron chi connectivity index (χ3n) is 9.13. The van der Waals surface area contributed by atoms with Crippen molar-refractivity contribution >= 4 is 64.2 Å². The Bertz CT molecular complexity index is 2230. The van der Waals surface area contributed by atoms with E-state index in [9.17, 15) is 28.8 Å². The Labute approximate surface area is 328 Å². The minimum absolute atomic E-state index is 0.0712. The number of rotatable bonds is 14. The molecule has 2 aromatic carbocycles. The number of nitrogens with zero attached hydrogens (tertiary/aromatic N) is 3. The van der Waals surface area contributed by atoms with Crippen LogP contribution in [0, 0.1) is 11.8 Å². The number of anilines is 3. The fraction of sp³-hybridized carbons (Fsp3) is 0.268. The lowest BCUT2D eigenvalue weighted by atomic mass is 10.0. The molecule has 4 heterocycles. The lowest BCUT2D eigenvalue weighted by Crippen LogP contribution is -2.54. The van der Waals surface area contributed by atoms with Crippen LogP contribution in [0.2, 0.25) is 5.15 Å². The molecule has 0 aliphatic carbocycles. The van der Waals surface area contributed by atoms with E-state index in [0.29, 0.717) is 47.0 Å². The van der Waals surface area contributed by atoms with Gasteiger partial charge in [0.25, 0.3) is 17.7 Å². The average molecular weight is 775 g/mol. The number of piperidine rings is 1. The molecule has 0 saturated carbocycles. The second kappa shape index (κ2) is 18.6. The predicted octanol–water partition coefficient (Wildman–Crippen LogP) is 5.76. The van der Waals surface area contributed by atoms with E-state index in [2.05, 4.69) is 48.4 Å². The van der Waals surface area contributed by atoms with Gasteiger partial charge in [-0.1, -0.05) is 55.3 Å². The van der Waals surface area contributed by atoms with Gasteiger partial charge in [-0.25, -0.2) is 14.8 Å². The van der Waals surface area contributed by atoms with Crippen molar-refractivity contribution in [1.29, 1.82) is 0 Å². The number of aromatic nitrogens is 2. The first-order valence-electron chi connectivity index (χ1n) is 18.3. The van der Waals surface area contributed by atoms with Gasteiger partial charge < -0.3 is 21.3 Å². The summed E-state index contributed by atoms with van der Waals surface area (Å²) < 4.78 is 0. The van der Waals surface area contributed by atoms with Crippen LogP contribution in [0.1, 0.15) is 93.7 Å². The van der Waals surface area contributed by atoms with E-state index in [1.54, 1.807) is 60.7 Å². The minimum atomic E-state index is -1.000. The zero-order valence-electron chi connectivity index (χ0n) is 30.3. The van der Waals surface area contributed by atoms with E-state index >= 15 is 0 Å². The predicted molar refractivity (Wildman–Crippen MR) is 210 cm³/mol. The zero-order valence-corrected chi connectivity index (χ0v) is 31.1. The molecule has 15 heteroatoms. The summed E-state index contributed by atoms with van der Waals surface area (Å²) in [6.07, 6.45) is 8.84. The fourth-order valence-electron chi connectivity index (χ4n) is 6.37. The number of benzene rings is 2. The van der Waals surface area contributed by atoms with E-state index in [1.807, 2.05) is 0 Å². The molecule has 1 unspecified atom stereocenters. The van der Waals surface area contributed by atoms with Crippen LogP contribution in [0.3, 0.4) is 0 Å². The molecule has 5 N–H and O–H groups in total. The number of unbranched alkanes of at least 4 members (excludes halogenated alkanes) is 5. The maximum absolute atomic E-state index is 13.3. The monoisotopic (exact) mass is 774 g/mol. The van der Waals surface area contributed by atoms with Gasteiger partial charge in [0.1, 0.15) is 16.9 Å². The average Bonchev–Trinajstić information content (AvgIpc) is 3.44. The lowest BCUT2D eigenvalue weighted by molar-refractivity contribution is -0.136. The Morgan fingerprint density at radius 3 is 2.29 bits per heavy atom. The smallest absolute Gasteiger partial charge is 0.323 e. The molecule has 1 saturated heterocycles. The number of pyridine rings is 2. The molecule has 1 fully saturated rings. The highest BCUT2D eigenvalue weighted by molar-refractivity contribution is 6.29. The summed E-state index contributed by atoms with van der Waals surface area (Å²) in [4.78, 5) is 84.5. The van der Waals surface area contributed by atoms with E-state index in [0.717, 1.165) is 43.4 Å². The van der Waals surface area contributed by atoms with Crippen molar-refractivity contribution < 1.29 is 28.8 Å². The molecule has 56 heavy (non-hydrogen) atoms. The number of fused-ring (bicyclic) bond motifs is 1. The Balaban J connectivity index is 0.871. The van der Waals surface area contributed by atoms with Gasteiger partial charge in [-0.05, 0) is 79.8 Å². The lowest BCUT2D eigenvalue weighted by Gasteiger charge is -2.27. The van der Waals surface area contributed by atoms with Gasteiger partial charge in [-0.15, -0.1) is 0 Å². The van der Waals surface area contributed by atoms with Crippen LogP contribution < -0.4 is 26.6 Å². The van der Waals surface area contributed by atoms with Crippen molar-refractivity contribution in [2.75, 3.05) is 29.0 Å². The number of amides is 7. The van der Waals surface area contributed by atoms with Crippen molar-refractivity contribution in [2.45, 2.75) is 57.4 Å². The van der Waals surface area contributed by atoms with Crippen molar-refractivity contribution in [2.24, 2.45) is 0 Å². The summed E-state index contributed by atoms with van der Waals surface area (Å²) in [6, 6.07) is 17.0. The van der Waals surface area contributed by atoms with Crippen molar-refractivity contribution in [1.82, 2.24) is 25.5 Å². The third kappa shape index (κ3) is 10.1. The van der Waals surface area contributed by atoms with Crippen molar-refractivity contribution in [3.8, 4) is 11.8 Å². The summed E-state index contributed by atoms with van der Waals surface area (Å²) in [7, 11) is 0. The number of halogens is 1. The maximum Gasteiger partial charge on any atom is 0.323 e. The largest absolute Gasteiger partial charge is 0.384 e. The number of carbonyl (C=O) groups is 6. The number of hydrogen-bond donors (Lipinski definition) is 5. The Morgan fingerprint density at radius 2 is 1.52 bits per heavy atom. The van der Waals surface area contributed by atoms with Crippen LogP contribution in [-0.2, 0) is 9.59 Å². The van der Waals surface area contributed by atoms with Gasteiger partial charge >= 0.3 is 6.03 Å². The van der Waals surface area contributed by atoms with Gasteiger partial charge in [0.05, 0.1) is 11.1 Å². The standard InChI is InChI=1S/C41H39ClN8O6/c42-34-25-30(18-22-45-34)48-41(56)47-29-17-21-43-28(24-29)14-13-26-9-7-10-27(23-26)37(52)46-20-6-4-2-1-3-5-19-44-32-12-8-11-31-36(32)40(55)50(39(31)54)33-15-16-35(51)49-38(33)53/h7-12,17-18,21-25,33,44H,1-6,15-16,19-20H2,(H,46,52)(H,49,51,53)(H2,43,45,47,48,56). The summed E-state index contributed by atoms with van der Waals surface area (Å²) in [5.41, 5.74) is 3.64. The highest BCUT2D eigenvalue weighted by atomic mass is 35.5. The topological polar surface area (TPSA) is 192 Å². The second-order valence-electron chi connectivity index (χ2n) is 13.2. The quantitative estimate of drug-likeness (QED) is 0.0459. The van der Waals surface area contributed by atoms with E-state index < -0.39 is 35.7 Å². The van der Waals surface area contributed by atoms with Gasteiger partial charge in [-0.2, -0.15) is 0 Å². The van der Waals surface area contributed by atoms with Gasteiger partial charge in [0.2, 0.25) is 11.8 Å².